The number of aromatic nitrogens is 1. The molecule has 0 radical (unpaired) electrons. The molecule has 5 nitrogen and oxygen atoms in total. The highest BCUT2D eigenvalue weighted by Gasteiger charge is 2.18. The molecule has 2 aromatic carbocycles. The molecule has 6 heteroatoms. The fraction of sp³-hybridized carbons (Fsp3) is 0.238. The van der Waals surface area contributed by atoms with Crippen molar-refractivity contribution in [2.24, 2.45) is 0 Å². The van der Waals surface area contributed by atoms with Crippen LogP contribution >= 0.6 is 15.9 Å². The monoisotopic (exact) mass is 428 g/mol. The van der Waals surface area contributed by atoms with Crippen LogP contribution in [0.2, 0.25) is 0 Å². The molecule has 140 valence electrons. The van der Waals surface area contributed by atoms with Crippen molar-refractivity contribution in [3.63, 3.8) is 0 Å². The average molecular weight is 429 g/mol. The summed E-state index contributed by atoms with van der Waals surface area (Å²) in [5.74, 6) is 0.196. The molecule has 0 unspecified atom stereocenters. The highest BCUT2D eigenvalue weighted by Crippen LogP contribution is 2.20. The van der Waals surface area contributed by atoms with E-state index in [2.05, 4.69) is 21.2 Å². The van der Waals surface area contributed by atoms with Gasteiger partial charge >= 0.3 is 0 Å². The first-order valence-corrected chi connectivity index (χ1v) is 9.51. The lowest BCUT2D eigenvalue weighted by atomic mass is 10.1. The molecule has 1 amide bonds. The summed E-state index contributed by atoms with van der Waals surface area (Å²) in [5.41, 5.74) is 1.56. The van der Waals surface area contributed by atoms with Crippen LogP contribution in [0.4, 0.5) is 0 Å². The summed E-state index contributed by atoms with van der Waals surface area (Å²) in [5, 5.41) is 3.39. The number of halogens is 1. The lowest BCUT2D eigenvalue weighted by molar-refractivity contribution is 0.0938. The van der Waals surface area contributed by atoms with Gasteiger partial charge in [0.25, 0.3) is 5.91 Å². The number of fused-ring (bicyclic) bond motifs is 1. The number of benzene rings is 2. The van der Waals surface area contributed by atoms with Crippen molar-refractivity contribution >= 4 is 32.7 Å². The maximum Gasteiger partial charge on any atom is 0.257 e. The second-order valence-corrected chi connectivity index (χ2v) is 7.21. The molecule has 1 N–H and O–H groups in total. The predicted octanol–water partition coefficient (Wildman–Crippen LogP) is 4.28. The SMILES string of the molecule is CCn1cc(C(=O)N[C@@H](C)c2cccc(Br)c2)c(=O)c2cc(OC)ccc21. The Morgan fingerprint density at radius 2 is 2.04 bits per heavy atom. The zero-order chi connectivity index (χ0) is 19.6. The van der Waals surface area contributed by atoms with Crippen molar-refractivity contribution in [2.75, 3.05) is 7.11 Å². The number of carbonyl (C=O) groups is 1. The number of amides is 1. The van der Waals surface area contributed by atoms with E-state index in [4.69, 9.17) is 4.74 Å². The van der Waals surface area contributed by atoms with Crippen LogP contribution in [0.3, 0.4) is 0 Å². The first-order chi connectivity index (χ1) is 12.9. The lowest BCUT2D eigenvalue weighted by Crippen LogP contribution is -2.31. The Bertz CT molecular complexity index is 1060. The quantitative estimate of drug-likeness (QED) is 0.659. The van der Waals surface area contributed by atoms with Gasteiger partial charge < -0.3 is 14.6 Å². The molecular formula is C21H21BrN2O3. The molecule has 0 spiro atoms. The minimum absolute atomic E-state index is 0.124. The molecule has 0 aliphatic carbocycles. The number of hydrogen-bond acceptors (Lipinski definition) is 3. The minimum atomic E-state index is -0.389. The Hall–Kier alpha value is -2.60. The van der Waals surface area contributed by atoms with Crippen molar-refractivity contribution in [2.45, 2.75) is 26.4 Å². The summed E-state index contributed by atoms with van der Waals surface area (Å²) in [6, 6.07) is 12.8. The highest BCUT2D eigenvalue weighted by atomic mass is 79.9. The van der Waals surface area contributed by atoms with Gasteiger partial charge in [0.2, 0.25) is 5.43 Å². The van der Waals surface area contributed by atoms with Gasteiger partial charge in [-0.3, -0.25) is 9.59 Å². The molecule has 1 heterocycles. The summed E-state index contributed by atoms with van der Waals surface area (Å²) in [7, 11) is 1.55. The first kappa shape index (κ1) is 19.2. The standard InChI is InChI=1S/C21H21BrN2O3/c1-4-24-12-18(20(25)17-11-16(27-3)8-9-19(17)24)21(26)23-13(2)14-6-5-7-15(22)10-14/h5-13H,4H2,1-3H3,(H,23,26)/t13-/m0/s1. The van der Waals surface area contributed by atoms with E-state index in [1.54, 1.807) is 19.4 Å². The minimum Gasteiger partial charge on any atom is -0.497 e. The molecule has 0 fully saturated rings. The molecule has 1 atom stereocenters. The number of nitrogens with zero attached hydrogens (tertiary/aromatic N) is 1. The van der Waals surface area contributed by atoms with E-state index in [9.17, 15) is 9.59 Å². The molecule has 0 aliphatic heterocycles. The molecular weight excluding hydrogens is 408 g/mol. The topological polar surface area (TPSA) is 60.3 Å². The maximum absolute atomic E-state index is 12.9. The molecule has 0 bridgehead atoms. The zero-order valence-electron chi connectivity index (χ0n) is 15.5. The average Bonchev–Trinajstić information content (AvgIpc) is 2.68. The van der Waals surface area contributed by atoms with E-state index in [1.807, 2.05) is 54.8 Å². The van der Waals surface area contributed by atoms with Crippen molar-refractivity contribution in [3.8, 4) is 5.75 Å². The van der Waals surface area contributed by atoms with Crippen LogP contribution in [0.25, 0.3) is 10.9 Å². The first-order valence-electron chi connectivity index (χ1n) is 8.72. The molecule has 0 saturated carbocycles. The number of methoxy groups -OCH3 is 1. The van der Waals surface area contributed by atoms with Crippen molar-refractivity contribution in [3.05, 3.63) is 74.5 Å². The maximum atomic E-state index is 12.9. The molecule has 0 aliphatic rings. The van der Waals surface area contributed by atoms with Gasteiger partial charge in [-0.25, -0.2) is 0 Å². The lowest BCUT2D eigenvalue weighted by Gasteiger charge is -2.16. The number of rotatable bonds is 5. The third-order valence-corrected chi connectivity index (χ3v) is 5.06. The fourth-order valence-corrected chi connectivity index (χ4v) is 3.48. The van der Waals surface area contributed by atoms with Crippen LogP contribution < -0.4 is 15.5 Å². The van der Waals surface area contributed by atoms with E-state index < -0.39 is 0 Å². The third-order valence-electron chi connectivity index (χ3n) is 4.57. The van der Waals surface area contributed by atoms with Gasteiger partial charge in [0.05, 0.1) is 24.1 Å². The summed E-state index contributed by atoms with van der Waals surface area (Å²) in [6.45, 7) is 4.51. The molecule has 3 rings (SSSR count). The number of nitrogens with one attached hydrogen (secondary N) is 1. The largest absolute Gasteiger partial charge is 0.497 e. The highest BCUT2D eigenvalue weighted by molar-refractivity contribution is 9.10. The van der Waals surface area contributed by atoms with Crippen LogP contribution in [-0.4, -0.2) is 17.6 Å². The Kier molecular flexibility index (Phi) is 5.65. The zero-order valence-corrected chi connectivity index (χ0v) is 17.0. The Morgan fingerprint density at radius 3 is 2.70 bits per heavy atom. The van der Waals surface area contributed by atoms with E-state index in [0.29, 0.717) is 17.7 Å². The smallest absolute Gasteiger partial charge is 0.257 e. The summed E-state index contributed by atoms with van der Waals surface area (Å²) < 4.78 is 8.07. The van der Waals surface area contributed by atoms with Crippen LogP contribution in [0, 0.1) is 0 Å². The number of ether oxygens (including phenoxy) is 1. The molecule has 3 aromatic rings. The van der Waals surface area contributed by atoms with Gasteiger partial charge in [0.15, 0.2) is 0 Å². The van der Waals surface area contributed by atoms with Crippen molar-refractivity contribution < 1.29 is 9.53 Å². The molecule has 1 aromatic heterocycles. The van der Waals surface area contributed by atoms with Crippen molar-refractivity contribution in [1.29, 1.82) is 0 Å². The molecule has 27 heavy (non-hydrogen) atoms. The predicted molar refractivity (Wildman–Crippen MR) is 110 cm³/mol. The number of hydrogen-bond donors (Lipinski definition) is 1. The van der Waals surface area contributed by atoms with E-state index in [0.717, 1.165) is 15.6 Å². The third kappa shape index (κ3) is 3.90. The number of pyridine rings is 1. The van der Waals surface area contributed by atoms with Crippen LogP contribution in [0.15, 0.2) is 57.9 Å². The summed E-state index contributed by atoms with van der Waals surface area (Å²) in [6.07, 6.45) is 1.63. The molecule has 0 saturated heterocycles. The number of aryl methyl sites for hydroxylation is 1. The van der Waals surface area contributed by atoms with E-state index >= 15 is 0 Å². The van der Waals surface area contributed by atoms with Gasteiger partial charge in [-0.2, -0.15) is 0 Å². The Labute approximate surface area is 166 Å². The van der Waals surface area contributed by atoms with Gasteiger partial charge in [-0.05, 0) is 49.7 Å². The van der Waals surface area contributed by atoms with Crippen LogP contribution in [0.5, 0.6) is 5.75 Å². The summed E-state index contributed by atoms with van der Waals surface area (Å²) >= 11 is 3.43. The van der Waals surface area contributed by atoms with Crippen LogP contribution in [-0.2, 0) is 6.54 Å². The van der Waals surface area contributed by atoms with Gasteiger partial charge in [0, 0.05) is 17.2 Å². The van der Waals surface area contributed by atoms with E-state index in [1.165, 1.54) is 0 Å². The Balaban J connectivity index is 2.01. The van der Waals surface area contributed by atoms with E-state index in [-0.39, 0.29) is 22.9 Å². The fourth-order valence-electron chi connectivity index (χ4n) is 3.06. The summed E-state index contributed by atoms with van der Waals surface area (Å²) in [4.78, 5) is 25.8. The second kappa shape index (κ2) is 7.96. The van der Waals surface area contributed by atoms with Crippen molar-refractivity contribution in [1.82, 2.24) is 9.88 Å². The Morgan fingerprint density at radius 1 is 1.26 bits per heavy atom. The normalized spacial score (nSPS) is 12.0. The second-order valence-electron chi connectivity index (χ2n) is 6.29. The van der Waals surface area contributed by atoms with Crippen LogP contribution in [0.1, 0.15) is 35.8 Å². The van der Waals surface area contributed by atoms with Gasteiger partial charge in [0.1, 0.15) is 11.3 Å². The van der Waals surface area contributed by atoms with Gasteiger partial charge in [-0.1, -0.05) is 28.1 Å². The van der Waals surface area contributed by atoms with Gasteiger partial charge in [-0.15, -0.1) is 0 Å². The number of carbonyl (C=O) groups excluding carboxylic acids is 1.